The third-order valence-electron chi connectivity index (χ3n) is 6.03. The van der Waals surface area contributed by atoms with E-state index in [0.717, 1.165) is 23.8 Å². The first kappa shape index (κ1) is 18.1. The maximum Gasteiger partial charge on any atom is 0.227 e. The quantitative estimate of drug-likeness (QED) is 0.863. The lowest BCUT2D eigenvalue weighted by molar-refractivity contribution is -0.129. The maximum atomic E-state index is 13.4. The van der Waals surface area contributed by atoms with Crippen molar-refractivity contribution in [2.24, 2.45) is 11.3 Å². The summed E-state index contributed by atoms with van der Waals surface area (Å²) in [6, 6.07) is 12.7. The second kappa shape index (κ2) is 6.69. The van der Waals surface area contributed by atoms with E-state index in [9.17, 15) is 23.8 Å². The Morgan fingerprint density at radius 2 is 1.81 bits per heavy atom. The molecule has 1 saturated carbocycles. The van der Waals surface area contributed by atoms with E-state index in [-0.39, 0.29) is 42.9 Å². The highest BCUT2D eigenvalue weighted by atomic mass is 19.1. The molecule has 27 heavy (non-hydrogen) atoms. The largest absolute Gasteiger partial charge is 0.396 e. The molecule has 2 aliphatic rings. The van der Waals surface area contributed by atoms with Crippen LogP contribution in [0.25, 0.3) is 0 Å². The Morgan fingerprint density at radius 1 is 1.15 bits per heavy atom. The first-order valence-corrected chi connectivity index (χ1v) is 9.02. The normalized spacial score (nSPS) is 29.3. The van der Waals surface area contributed by atoms with E-state index in [1.807, 2.05) is 30.3 Å². The SMILES string of the molecule is O=C(Cc1cc(F)cc(F)c1)N1C[C@@H](O)[C@@]2(C1)[C@H](CO)[C@H]2c1ccccc1. The van der Waals surface area contributed by atoms with Gasteiger partial charge in [-0.25, -0.2) is 8.78 Å². The number of rotatable bonds is 4. The number of hydrogen-bond acceptors (Lipinski definition) is 3. The fourth-order valence-corrected chi connectivity index (χ4v) is 4.76. The molecule has 1 heterocycles. The summed E-state index contributed by atoms with van der Waals surface area (Å²) in [5.74, 6) is -1.85. The predicted octanol–water partition coefficient (Wildman–Crippen LogP) is 2.10. The van der Waals surface area contributed by atoms with Crippen molar-refractivity contribution >= 4 is 5.91 Å². The summed E-state index contributed by atoms with van der Waals surface area (Å²) >= 11 is 0. The molecular formula is C21H21F2NO3. The van der Waals surface area contributed by atoms with Gasteiger partial charge in [0.1, 0.15) is 11.6 Å². The van der Waals surface area contributed by atoms with Crippen LogP contribution < -0.4 is 0 Å². The molecule has 0 radical (unpaired) electrons. The molecule has 1 aliphatic heterocycles. The molecule has 4 atom stereocenters. The highest BCUT2D eigenvalue weighted by molar-refractivity contribution is 5.79. The Balaban J connectivity index is 1.52. The van der Waals surface area contributed by atoms with Gasteiger partial charge >= 0.3 is 0 Å². The van der Waals surface area contributed by atoms with E-state index < -0.39 is 23.2 Å². The van der Waals surface area contributed by atoms with Gasteiger partial charge in [-0.1, -0.05) is 30.3 Å². The second-order valence-corrected chi connectivity index (χ2v) is 7.53. The van der Waals surface area contributed by atoms with Crippen LogP contribution in [0.3, 0.4) is 0 Å². The minimum Gasteiger partial charge on any atom is -0.396 e. The third kappa shape index (κ3) is 3.03. The number of aliphatic hydroxyl groups is 2. The van der Waals surface area contributed by atoms with Crippen LogP contribution in [0.5, 0.6) is 0 Å². The van der Waals surface area contributed by atoms with Crippen LogP contribution in [0.4, 0.5) is 8.78 Å². The molecule has 0 aromatic heterocycles. The van der Waals surface area contributed by atoms with Gasteiger partial charge in [-0.3, -0.25) is 4.79 Å². The van der Waals surface area contributed by atoms with Gasteiger partial charge in [0.2, 0.25) is 5.91 Å². The number of aliphatic hydroxyl groups excluding tert-OH is 2. The number of nitrogens with zero attached hydrogens (tertiary/aromatic N) is 1. The van der Waals surface area contributed by atoms with Crippen LogP contribution in [-0.4, -0.2) is 46.8 Å². The highest BCUT2D eigenvalue weighted by Gasteiger charge is 2.71. The number of carbonyl (C=O) groups is 1. The number of halogens is 2. The lowest BCUT2D eigenvalue weighted by Crippen LogP contribution is -2.31. The van der Waals surface area contributed by atoms with Crippen molar-refractivity contribution < 1.29 is 23.8 Å². The molecule has 2 fully saturated rings. The van der Waals surface area contributed by atoms with Crippen LogP contribution in [0.2, 0.25) is 0 Å². The zero-order valence-electron chi connectivity index (χ0n) is 14.7. The lowest BCUT2D eigenvalue weighted by Gasteiger charge is -2.17. The van der Waals surface area contributed by atoms with Crippen LogP contribution in [-0.2, 0) is 11.2 Å². The summed E-state index contributed by atoms with van der Waals surface area (Å²) < 4.78 is 26.7. The van der Waals surface area contributed by atoms with Crippen LogP contribution in [0.15, 0.2) is 48.5 Å². The Hall–Kier alpha value is -2.31. The molecule has 0 bridgehead atoms. The third-order valence-corrected chi connectivity index (χ3v) is 6.03. The molecule has 4 rings (SSSR count). The molecule has 142 valence electrons. The van der Waals surface area contributed by atoms with Crippen molar-refractivity contribution in [1.82, 2.24) is 4.90 Å². The number of β-amino-alcohol motifs (C(OH)–C–C–N with tert-alkyl or cyclic N) is 1. The van der Waals surface area contributed by atoms with Crippen LogP contribution in [0, 0.1) is 23.0 Å². The summed E-state index contributed by atoms with van der Waals surface area (Å²) in [6.07, 6.45) is -0.870. The number of likely N-dealkylation sites (tertiary alicyclic amines) is 1. The predicted molar refractivity (Wildman–Crippen MR) is 94.8 cm³/mol. The van der Waals surface area contributed by atoms with Gasteiger partial charge in [-0.05, 0) is 35.1 Å². The molecule has 0 unspecified atom stereocenters. The average molecular weight is 373 g/mol. The van der Waals surface area contributed by atoms with Crippen molar-refractivity contribution in [1.29, 1.82) is 0 Å². The van der Waals surface area contributed by atoms with Crippen molar-refractivity contribution in [2.75, 3.05) is 19.7 Å². The van der Waals surface area contributed by atoms with Gasteiger partial charge in [-0.15, -0.1) is 0 Å². The van der Waals surface area contributed by atoms with E-state index >= 15 is 0 Å². The van der Waals surface area contributed by atoms with Crippen molar-refractivity contribution in [3.05, 3.63) is 71.3 Å². The van der Waals surface area contributed by atoms with E-state index in [1.54, 1.807) is 4.90 Å². The summed E-state index contributed by atoms with van der Waals surface area (Å²) in [5.41, 5.74) is 0.748. The summed E-state index contributed by atoms with van der Waals surface area (Å²) in [5, 5.41) is 20.5. The van der Waals surface area contributed by atoms with Gasteiger partial charge < -0.3 is 15.1 Å². The van der Waals surface area contributed by atoms with Gasteiger partial charge in [0.05, 0.1) is 12.5 Å². The van der Waals surface area contributed by atoms with Crippen LogP contribution >= 0.6 is 0 Å². The first-order valence-electron chi connectivity index (χ1n) is 9.02. The minimum atomic E-state index is -0.743. The van der Waals surface area contributed by atoms with Gasteiger partial charge in [0.25, 0.3) is 0 Å². The van der Waals surface area contributed by atoms with E-state index in [1.165, 1.54) is 0 Å². The van der Waals surface area contributed by atoms with Crippen molar-refractivity contribution in [3.8, 4) is 0 Å². The summed E-state index contributed by atoms with van der Waals surface area (Å²) in [4.78, 5) is 14.2. The zero-order chi connectivity index (χ0) is 19.2. The number of benzene rings is 2. The monoisotopic (exact) mass is 373 g/mol. The zero-order valence-corrected chi connectivity index (χ0v) is 14.7. The fraction of sp³-hybridized carbons (Fsp3) is 0.381. The molecule has 1 saturated heterocycles. The minimum absolute atomic E-state index is 0.0110. The number of amides is 1. The summed E-state index contributed by atoms with van der Waals surface area (Å²) in [6.45, 7) is 0.430. The topological polar surface area (TPSA) is 60.8 Å². The van der Waals surface area contributed by atoms with Crippen molar-refractivity contribution in [3.63, 3.8) is 0 Å². The highest BCUT2D eigenvalue weighted by Crippen LogP contribution is 2.68. The number of carbonyl (C=O) groups excluding carboxylic acids is 1. The lowest BCUT2D eigenvalue weighted by atomic mass is 9.95. The molecule has 1 amide bonds. The molecule has 2 N–H and O–H groups in total. The molecule has 2 aromatic rings. The number of hydrogen-bond donors (Lipinski definition) is 2. The molecule has 2 aromatic carbocycles. The molecule has 1 aliphatic carbocycles. The van der Waals surface area contributed by atoms with Crippen LogP contribution in [0.1, 0.15) is 17.0 Å². The Labute approximate surface area is 156 Å². The Bertz CT molecular complexity index is 840. The Morgan fingerprint density at radius 3 is 2.44 bits per heavy atom. The molecule has 4 nitrogen and oxygen atoms in total. The summed E-state index contributed by atoms with van der Waals surface area (Å²) in [7, 11) is 0. The first-order chi connectivity index (χ1) is 13.0. The smallest absolute Gasteiger partial charge is 0.227 e. The van der Waals surface area contributed by atoms with Gasteiger partial charge in [-0.2, -0.15) is 0 Å². The second-order valence-electron chi connectivity index (χ2n) is 7.53. The van der Waals surface area contributed by atoms with E-state index in [0.29, 0.717) is 6.54 Å². The van der Waals surface area contributed by atoms with Gasteiger partial charge in [0, 0.05) is 31.2 Å². The molecule has 6 heteroatoms. The molecular weight excluding hydrogens is 352 g/mol. The Kier molecular flexibility index (Phi) is 4.48. The van der Waals surface area contributed by atoms with Gasteiger partial charge in [0.15, 0.2) is 0 Å². The standard InChI is InChI=1S/C21H21F2NO3/c22-15-6-13(7-16(23)9-15)8-19(27)24-10-18(26)21(12-24)17(11-25)20(21)14-4-2-1-3-5-14/h1-7,9,17-18,20,25-26H,8,10-12H2/t17-,18-,20-,21-/m1/s1. The van der Waals surface area contributed by atoms with E-state index in [2.05, 4.69) is 0 Å². The van der Waals surface area contributed by atoms with E-state index in [4.69, 9.17) is 0 Å². The average Bonchev–Trinajstić information content (AvgIpc) is 3.16. The maximum absolute atomic E-state index is 13.4. The molecule has 1 spiro atoms. The van der Waals surface area contributed by atoms with Crippen molar-refractivity contribution in [2.45, 2.75) is 18.4 Å². The fourth-order valence-electron chi connectivity index (χ4n) is 4.76.